The molecule has 1 aromatic rings. The average molecular weight is 342 g/mol. The lowest BCUT2D eigenvalue weighted by molar-refractivity contribution is -0.164. The first-order valence-corrected chi connectivity index (χ1v) is 8.65. The van der Waals surface area contributed by atoms with Gasteiger partial charge in [0.2, 0.25) is 17.7 Å². The summed E-state index contributed by atoms with van der Waals surface area (Å²) < 4.78 is 0. The Bertz CT molecular complexity index is 671. The maximum Gasteiger partial charge on any atom is 0.236 e. The van der Waals surface area contributed by atoms with Gasteiger partial charge < -0.3 is 5.32 Å². The number of hydrogen-bond acceptors (Lipinski definition) is 3. The van der Waals surface area contributed by atoms with Crippen LogP contribution in [0.1, 0.15) is 33.1 Å². The van der Waals surface area contributed by atoms with Crippen molar-refractivity contribution in [3.05, 3.63) is 43.0 Å². The van der Waals surface area contributed by atoms with E-state index < -0.39 is 5.41 Å². The van der Waals surface area contributed by atoms with E-state index in [-0.39, 0.29) is 36.0 Å². The Balaban J connectivity index is 2.32. The van der Waals surface area contributed by atoms with Gasteiger partial charge in [-0.25, -0.2) is 0 Å². The number of nitrogens with zero attached hydrogens (tertiary/aromatic N) is 1. The number of rotatable bonds is 6. The summed E-state index contributed by atoms with van der Waals surface area (Å²) in [7, 11) is 1.50. The first kappa shape index (κ1) is 18.9. The van der Waals surface area contributed by atoms with Gasteiger partial charge in [0, 0.05) is 25.1 Å². The van der Waals surface area contributed by atoms with Crippen molar-refractivity contribution in [2.45, 2.75) is 33.1 Å². The second-order valence-electron chi connectivity index (χ2n) is 6.81. The van der Waals surface area contributed by atoms with Crippen LogP contribution in [0.3, 0.4) is 0 Å². The van der Waals surface area contributed by atoms with Crippen LogP contribution in [0.25, 0.3) is 0 Å². The van der Waals surface area contributed by atoms with Crippen LogP contribution in [0.2, 0.25) is 0 Å². The minimum absolute atomic E-state index is 0.0349. The van der Waals surface area contributed by atoms with E-state index >= 15 is 0 Å². The number of nitrogens with one attached hydrogen (secondary N) is 1. The van der Waals surface area contributed by atoms with Gasteiger partial charge in [-0.15, -0.1) is 6.58 Å². The molecule has 0 aromatic heterocycles. The summed E-state index contributed by atoms with van der Waals surface area (Å²) in [4.78, 5) is 39.0. The zero-order chi connectivity index (χ0) is 18.6. The van der Waals surface area contributed by atoms with Gasteiger partial charge in [0.1, 0.15) is 0 Å². The molecule has 1 saturated heterocycles. The molecular weight excluding hydrogens is 316 g/mol. The normalized spacial score (nSPS) is 24.8. The van der Waals surface area contributed by atoms with Crippen LogP contribution in [-0.4, -0.2) is 29.7 Å². The molecule has 0 radical (unpaired) electrons. The van der Waals surface area contributed by atoms with Crippen molar-refractivity contribution in [2.24, 2.45) is 17.3 Å². The van der Waals surface area contributed by atoms with Crippen molar-refractivity contribution < 1.29 is 14.4 Å². The number of carbonyl (C=O) groups is 3. The van der Waals surface area contributed by atoms with Gasteiger partial charge in [-0.2, -0.15) is 0 Å². The molecule has 3 amide bonds. The summed E-state index contributed by atoms with van der Waals surface area (Å²) in [5, 5.41) is 2.85. The number of anilines is 1. The molecule has 1 fully saturated rings. The second kappa shape index (κ2) is 7.64. The number of carbonyl (C=O) groups excluding carboxylic acids is 3. The Hall–Kier alpha value is -2.43. The molecule has 1 aromatic carbocycles. The molecule has 3 atom stereocenters. The standard InChI is InChI=1S/C20H26N2O3/c1-5-15(6-2)20(12-14(3)18(24)22(4)19(20)25)13-17(23)21-16-10-8-7-9-11-16/h5,7-11,14-15H,1,6,12-13H2,2-4H3,(H,21,23). The topological polar surface area (TPSA) is 66.5 Å². The molecule has 0 spiro atoms. The predicted octanol–water partition coefficient (Wildman–Crippen LogP) is 3.24. The first-order chi connectivity index (χ1) is 11.9. The van der Waals surface area contributed by atoms with Crippen LogP contribution in [-0.2, 0) is 14.4 Å². The van der Waals surface area contributed by atoms with Crippen LogP contribution < -0.4 is 5.32 Å². The molecule has 1 N–H and O–H groups in total. The maximum absolute atomic E-state index is 13.0. The Labute approximate surface area is 149 Å². The molecular formula is C20H26N2O3. The molecule has 25 heavy (non-hydrogen) atoms. The van der Waals surface area contributed by atoms with E-state index in [9.17, 15) is 14.4 Å². The number of para-hydroxylation sites is 1. The zero-order valence-corrected chi connectivity index (χ0v) is 15.1. The summed E-state index contributed by atoms with van der Waals surface area (Å²) in [5.74, 6) is -1.18. The molecule has 2 rings (SSSR count). The minimum atomic E-state index is -0.933. The summed E-state index contributed by atoms with van der Waals surface area (Å²) in [6.45, 7) is 7.64. The van der Waals surface area contributed by atoms with Crippen molar-refractivity contribution in [1.82, 2.24) is 4.90 Å². The third-order valence-corrected chi connectivity index (χ3v) is 5.12. The highest BCUT2D eigenvalue weighted by atomic mass is 16.2. The number of benzene rings is 1. The largest absolute Gasteiger partial charge is 0.326 e. The summed E-state index contributed by atoms with van der Waals surface area (Å²) in [6.07, 6.45) is 2.82. The fraction of sp³-hybridized carbons (Fsp3) is 0.450. The van der Waals surface area contributed by atoms with E-state index in [4.69, 9.17) is 0 Å². The molecule has 0 saturated carbocycles. The lowest BCUT2D eigenvalue weighted by Gasteiger charge is -2.45. The minimum Gasteiger partial charge on any atom is -0.326 e. The average Bonchev–Trinajstić information content (AvgIpc) is 2.60. The molecule has 1 aliphatic heterocycles. The molecule has 1 heterocycles. The fourth-order valence-electron chi connectivity index (χ4n) is 3.87. The van der Waals surface area contributed by atoms with Gasteiger partial charge in [0.15, 0.2) is 0 Å². The number of imide groups is 1. The van der Waals surface area contributed by atoms with Crippen LogP contribution in [0.15, 0.2) is 43.0 Å². The number of amides is 3. The van der Waals surface area contributed by atoms with Crippen LogP contribution in [0.5, 0.6) is 0 Å². The zero-order valence-electron chi connectivity index (χ0n) is 15.1. The molecule has 1 aliphatic rings. The first-order valence-electron chi connectivity index (χ1n) is 8.65. The van der Waals surface area contributed by atoms with Gasteiger partial charge in [-0.3, -0.25) is 19.3 Å². The van der Waals surface area contributed by atoms with Crippen LogP contribution in [0.4, 0.5) is 5.69 Å². The SMILES string of the molecule is C=CC(CC)C1(CC(=O)Nc2ccccc2)CC(C)C(=O)N(C)C1=O. The van der Waals surface area contributed by atoms with Crippen molar-refractivity contribution in [2.75, 3.05) is 12.4 Å². The summed E-state index contributed by atoms with van der Waals surface area (Å²) in [6, 6.07) is 9.15. The monoisotopic (exact) mass is 342 g/mol. The van der Waals surface area contributed by atoms with Gasteiger partial charge >= 0.3 is 0 Å². The predicted molar refractivity (Wildman–Crippen MR) is 97.7 cm³/mol. The number of piperidine rings is 1. The highest BCUT2D eigenvalue weighted by molar-refractivity contribution is 6.04. The van der Waals surface area contributed by atoms with Gasteiger partial charge in [0.05, 0.1) is 5.41 Å². The number of allylic oxidation sites excluding steroid dienone is 1. The van der Waals surface area contributed by atoms with Gasteiger partial charge in [-0.05, 0) is 30.9 Å². The Morgan fingerprint density at radius 1 is 1.40 bits per heavy atom. The van der Waals surface area contributed by atoms with E-state index in [1.54, 1.807) is 18.2 Å². The Kier molecular flexibility index (Phi) is 5.77. The molecule has 0 aliphatic carbocycles. The third-order valence-electron chi connectivity index (χ3n) is 5.12. The lowest BCUT2D eigenvalue weighted by Crippen LogP contribution is -2.56. The fourth-order valence-corrected chi connectivity index (χ4v) is 3.87. The van der Waals surface area contributed by atoms with E-state index in [0.29, 0.717) is 18.5 Å². The van der Waals surface area contributed by atoms with Crippen LogP contribution >= 0.6 is 0 Å². The van der Waals surface area contributed by atoms with Gasteiger partial charge in [0.25, 0.3) is 0 Å². The third kappa shape index (κ3) is 3.65. The molecule has 0 bridgehead atoms. The van der Waals surface area contributed by atoms with Crippen molar-refractivity contribution in [3.8, 4) is 0 Å². The second-order valence-corrected chi connectivity index (χ2v) is 6.81. The quantitative estimate of drug-likeness (QED) is 0.637. The van der Waals surface area contributed by atoms with E-state index in [0.717, 1.165) is 0 Å². The van der Waals surface area contributed by atoms with Crippen molar-refractivity contribution >= 4 is 23.4 Å². The van der Waals surface area contributed by atoms with Crippen molar-refractivity contribution in [3.63, 3.8) is 0 Å². The Morgan fingerprint density at radius 2 is 2.04 bits per heavy atom. The number of likely N-dealkylation sites (tertiary alicyclic amines) is 1. The molecule has 5 nitrogen and oxygen atoms in total. The van der Waals surface area contributed by atoms with Crippen molar-refractivity contribution in [1.29, 1.82) is 0 Å². The highest BCUT2D eigenvalue weighted by Crippen LogP contribution is 2.45. The van der Waals surface area contributed by atoms with Gasteiger partial charge in [-0.1, -0.05) is 38.1 Å². The van der Waals surface area contributed by atoms with Crippen LogP contribution in [0, 0.1) is 17.3 Å². The highest BCUT2D eigenvalue weighted by Gasteiger charge is 2.53. The lowest BCUT2D eigenvalue weighted by atomic mass is 9.63. The number of hydrogen-bond donors (Lipinski definition) is 1. The summed E-state index contributed by atoms with van der Waals surface area (Å²) in [5.41, 5.74) is -0.243. The molecule has 134 valence electrons. The smallest absolute Gasteiger partial charge is 0.236 e. The molecule has 3 unspecified atom stereocenters. The maximum atomic E-state index is 13.0. The van der Waals surface area contributed by atoms with E-state index in [2.05, 4.69) is 11.9 Å². The molecule has 5 heteroatoms. The van der Waals surface area contributed by atoms with E-state index in [1.807, 2.05) is 32.0 Å². The Morgan fingerprint density at radius 3 is 2.60 bits per heavy atom. The van der Waals surface area contributed by atoms with E-state index in [1.165, 1.54) is 11.9 Å². The summed E-state index contributed by atoms with van der Waals surface area (Å²) >= 11 is 0.